The van der Waals surface area contributed by atoms with Crippen molar-refractivity contribution in [3.05, 3.63) is 0 Å². The van der Waals surface area contributed by atoms with Crippen molar-refractivity contribution >= 4 is 154 Å². The van der Waals surface area contributed by atoms with Crippen molar-refractivity contribution in [1.29, 1.82) is 0 Å². The number of aliphatic imine (C=N–C) groups is 2. The Morgan fingerprint density at radius 1 is 0.533 bits per heavy atom. The first-order valence-corrected chi connectivity index (χ1v) is 24.8. The standard InChI is InChI=1S/C20H38N4O10S11/c25-7-39-16-42-10-30-19(27)23-5-37-13-35-3-21-1-32-34-12-44-18-45-15-38-6-24-20(28)29-9-41-14-36-4-22-2-31-33-11-43-17-40-8-26/h1-2,25-26H,3-18H2,(H,23,27)(H,24,28)/b21-1+,22-2+. The van der Waals surface area contributed by atoms with Crippen molar-refractivity contribution in [3.8, 4) is 0 Å². The van der Waals surface area contributed by atoms with Crippen LogP contribution in [0.4, 0.5) is 9.59 Å². The summed E-state index contributed by atoms with van der Waals surface area (Å²) in [5, 5.41) is 27.1. The zero-order valence-electron chi connectivity index (χ0n) is 24.0. The average Bonchev–Trinajstić information content (AvgIpc) is 3.04. The number of hydrogen-bond acceptors (Lipinski definition) is 23. The van der Waals surface area contributed by atoms with Gasteiger partial charge in [-0.05, 0) is 0 Å². The zero-order chi connectivity index (χ0) is 32.7. The fourth-order valence-corrected chi connectivity index (χ4v) is 9.74. The highest BCUT2D eigenvalue weighted by atomic mass is 32.2. The van der Waals surface area contributed by atoms with Gasteiger partial charge in [0, 0.05) is 30.5 Å². The van der Waals surface area contributed by atoms with Crippen LogP contribution in [-0.4, -0.2) is 125 Å². The minimum atomic E-state index is -0.459. The molecule has 45 heavy (non-hydrogen) atoms. The molecule has 0 radical (unpaired) electrons. The van der Waals surface area contributed by atoms with Crippen LogP contribution >= 0.6 is 129 Å². The molecule has 2 amide bonds. The summed E-state index contributed by atoms with van der Waals surface area (Å²) < 4.78 is 10.1. The predicted octanol–water partition coefficient (Wildman–Crippen LogP) is 5.76. The van der Waals surface area contributed by atoms with E-state index in [1.807, 2.05) is 0 Å². The highest BCUT2D eigenvalue weighted by molar-refractivity contribution is 8.22. The Morgan fingerprint density at radius 2 is 0.933 bits per heavy atom. The summed E-state index contributed by atoms with van der Waals surface area (Å²) in [6, 6.07) is 0. The summed E-state index contributed by atoms with van der Waals surface area (Å²) in [6.07, 6.45) is 1.60. The number of amides is 2. The Hall–Kier alpha value is 1.17. The SMILES string of the molecule is O=C(NCSCSC/N=C/OOCSCSCSCNC(=O)OCSCSC/N=C/OOCSCSCO)OCSCSCO. The molecule has 14 nitrogen and oxygen atoms in total. The van der Waals surface area contributed by atoms with Crippen molar-refractivity contribution in [3.63, 3.8) is 0 Å². The number of ether oxygens (including phenoxy) is 2. The van der Waals surface area contributed by atoms with Crippen LogP contribution in [0.2, 0.25) is 0 Å². The van der Waals surface area contributed by atoms with Gasteiger partial charge in [-0.1, -0.05) is 0 Å². The molecule has 0 atom stereocenters. The molecule has 0 rings (SSSR count). The maximum Gasteiger partial charge on any atom is 0.408 e. The normalized spacial score (nSPS) is 11.2. The maximum absolute atomic E-state index is 11.7. The number of aliphatic hydroxyl groups excluding tert-OH is 2. The lowest BCUT2D eigenvalue weighted by molar-refractivity contribution is -0.196. The summed E-state index contributed by atoms with van der Waals surface area (Å²) in [6.45, 7) is 0. The Bertz CT molecular complexity index is 730. The van der Waals surface area contributed by atoms with E-state index in [4.69, 9.17) is 39.2 Å². The molecule has 0 bridgehead atoms. The molecule has 0 aliphatic rings. The van der Waals surface area contributed by atoms with Gasteiger partial charge in [0.2, 0.25) is 12.8 Å². The highest BCUT2D eigenvalue weighted by Gasteiger charge is 2.02. The first-order chi connectivity index (χ1) is 22.2. The van der Waals surface area contributed by atoms with Crippen LogP contribution in [0, 0.1) is 0 Å². The Morgan fingerprint density at radius 3 is 1.42 bits per heavy atom. The molecule has 0 heterocycles. The van der Waals surface area contributed by atoms with E-state index in [-0.39, 0.29) is 23.8 Å². The average molecular weight is 847 g/mol. The van der Waals surface area contributed by atoms with Gasteiger partial charge in [-0.15, -0.1) is 129 Å². The lowest BCUT2D eigenvalue weighted by Crippen LogP contribution is -2.23. The Labute approximate surface area is 310 Å². The number of carbonyl (C=O) groups excluding carboxylic acids is 2. The van der Waals surface area contributed by atoms with Crippen molar-refractivity contribution < 1.29 is 48.8 Å². The molecule has 0 aliphatic carbocycles. The third-order valence-electron chi connectivity index (χ3n) is 3.33. The number of nitrogens with one attached hydrogen (secondary N) is 2. The number of nitrogens with zero attached hydrogens (tertiary/aromatic N) is 2. The molecule has 0 aromatic heterocycles. The monoisotopic (exact) mass is 846 g/mol. The van der Waals surface area contributed by atoms with Gasteiger partial charge in [-0.25, -0.2) is 19.6 Å². The Balaban J connectivity index is 3.27. The fourth-order valence-electron chi connectivity index (χ4n) is 1.68. The number of carbonyl (C=O) groups is 2. The second kappa shape index (κ2) is 41.3. The lowest BCUT2D eigenvalue weighted by atomic mass is 11.1. The second-order valence-corrected chi connectivity index (χ2v) is 19.2. The molecule has 0 aromatic carbocycles. The third kappa shape index (κ3) is 41.3. The molecule has 0 saturated heterocycles. The van der Waals surface area contributed by atoms with Crippen LogP contribution in [0.15, 0.2) is 9.98 Å². The van der Waals surface area contributed by atoms with Gasteiger partial charge in [0.25, 0.3) is 0 Å². The van der Waals surface area contributed by atoms with Crippen LogP contribution < -0.4 is 10.6 Å². The Kier molecular flexibility index (Phi) is 42.4. The van der Waals surface area contributed by atoms with Crippen LogP contribution in [0.3, 0.4) is 0 Å². The van der Waals surface area contributed by atoms with E-state index in [0.717, 1.165) is 25.4 Å². The predicted molar refractivity (Wildman–Crippen MR) is 206 cm³/mol. The quantitative estimate of drug-likeness (QED) is 0.0153. The third-order valence-corrected chi connectivity index (χ3v) is 14.2. The molecule has 25 heteroatoms. The van der Waals surface area contributed by atoms with Gasteiger partial charge >= 0.3 is 12.2 Å². The molecule has 0 aliphatic heterocycles. The van der Waals surface area contributed by atoms with E-state index in [2.05, 4.69) is 20.6 Å². The largest absolute Gasteiger partial charge is 0.438 e. The van der Waals surface area contributed by atoms with Crippen LogP contribution in [0.1, 0.15) is 0 Å². The molecule has 0 saturated carbocycles. The summed E-state index contributed by atoms with van der Waals surface area (Å²) in [7, 11) is 0. The van der Waals surface area contributed by atoms with E-state index < -0.39 is 12.2 Å². The fraction of sp³-hybridized carbons (Fsp3) is 0.800. The van der Waals surface area contributed by atoms with Crippen molar-refractivity contribution in [2.24, 2.45) is 9.98 Å². The van der Waals surface area contributed by atoms with E-state index in [1.54, 1.807) is 58.8 Å². The summed E-state index contributed by atoms with van der Waals surface area (Å²) >= 11 is 16.6. The van der Waals surface area contributed by atoms with Gasteiger partial charge in [-0.2, -0.15) is 9.78 Å². The van der Waals surface area contributed by atoms with Gasteiger partial charge < -0.3 is 40.1 Å². The maximum atomic E-state index is 11.7. The van der Waals surface area contributed by atoms with Crippen molar-refractivity contribution in [2.45, 2.75) is 0 Å². The lowest BCUT2D eigenvalue weighted by Gasteiger charge is -2.06. The molecule has 264 valence electrons. The van der Waals surface area contributed by atoms with E-state index in [9.17, 15) is 9.59 Å². The van der Waals surface area contributed by atoms with E-state index in [1.165, 1.54) is 83.4 Å². The molecule has 0 aromatic rings. The number of hydrogen-bond donors (Lipinski definition) is 4. The zero-order valence-corrected chi connectivity index (χ0v) is 33.0. The van der Waals surface area contributed by atoms with Gasteiger partial charge in [0.1, 0.15) is 23.8 Å². The van der Waals surface area contributed by atoms with Crippen LogP contribution in [-0.2, 0) is 29.0 Å². The second-order valence-electron chi connectivity index (χ2n) is 6.45. The summed E-state index contributed by atoms with van der Waals surface area (Å²) in [4.78, 5) is 50.8. The van der Waals surface area contributed by atoms with Crippen LogP contribution in [0.5, 0.6) is 0 Å². The van der Waals surface area contributed by atoms with Gasteiger partial charge in [0.15, 0.2) is 0 Å². The minimum Gasteiger partial charge on any atom is -0.438 e. The molecule has 0 fully saturated rings. The molecule has 0 spiro atoms. The summed E-state index contributed by atoms with van der Waals surface area (Å²) in [5.74, 6) is 3.32. The minimum absolute atomic E-state index is 0.0569. The topological polar surface area (TPSA) is 179 Å². The smallest absolute Gasteiger partial charge is 0.408 e. The van der Waals surface area contributed by atoms with Crippen LogP contribution in [0.25, 0.3) is 0 Å². The van der Waals surface area contributed by atoms with Gasteiger partial charge in [-0.3, -0.25) is 0 Å². The number of alkyl carbamates (subject to hydrolysis) is 2. The van der Waals surface area contributed by atoms with Crippen molar-refractivity contribution in [1.82, 2.24) is 10.6 Å². The first-order valence-electron chi connectivity index (χ1n) is 12.1. The molecular formula is C20H38N4O10S11. The number of thioether (sulfide) groups is 11. The van der Waals surface area contributed by atoms with E-state index >= 15 is 0 Å². The highest BCUT2D eigenvalue weighted by Crippen LogP contribution is 2.18. The van der Waals surface area contributed by atoms with Crippen molar-refractivity contribution in [2.75, 3.05) is 89.6 Å². The molecule has 4 N–H and O–H groups in total. The molecular weight excluding hydrogens is 809 g/mol. The van der Waals surface area contributed by atoms with Gasteiger partial charge in [0.05, 0.1) is 35.4 Å². The first kappa shape index (κ1) is 46.2. The van der Waals surface area contributed by atoms with E-state index in [0.29, 0.717) is 40.5 Å². The number of rotatable bonds is 34. The molecule has 0 unspecified atom stereocenters. The number of aliphatic hydroxyl groups is 2. The summed E-state index contributed by atoms with van der Waals surface area (Å²) in [5.41, 5.74) is 0.